The van der Waals surface area contributed by atoms with Crippen molar-refractivity contribution in [3.8, 4) is 0 Å². The van der Waals surface area contributed by atoms with E-state index in [0.717, 1.165) is 0 Å². The minimum atomic E-state index is -1.94. The molecule has 5 aliphatic heterocycles. The Labute approximate surface area is 436 Å². The highest BCUT2D eigenvalue weighted by Gasteiger charge is 2.56. The van der Waals surface area contributed by atoms with E-state index in [1.54, 1.807) is 6.08 Å². The quantitative estimate of drug-likeness (QED) is 0.0535. The first-order valence-corrected chi connectivity index (χ1v) is 26.2. The van der Waals surface area contributed by atoms with E-state index in [-0.39, 0.29) is 38.0 Å². The number of aliphatic hydroxyl groups is 17. The van der Waals surface area contributed by atoms with E-state index < -0.39 is 215 Å². The van der Waals surface area contributed by atoms with Gasteiger partial charge >= 0.3 is 5.97 Å². The number of hydrogen-bond acceptors (Lipinski definition) is 28. The average molecular weight is 1100 g/mol. The Morgan fingerprint density at radius 1 is 0.500 bits per heavy atom. The summed E-state index contributed by atoms with van der Waals surface area (Å²) in [7, 11) is 0. The summed E-state index contributed by atoms with van der Waals surface area (Å²) in [6, 6.07) is 0. The van der Waals surface area contributed by atoms with Gasteiger partial charge in [0.25, 0.3) is 0 Å². The number of carbonyl (C=O) groups is 1. The summed E-state index contributed by atoms with van der Waals surface area (Å²) in [5.74, 6) is -2.41. The Hall–Kier alpha value is -1.83. The Morgan fingerprint density at radius 2 is 1.04 bits per heavy atom. The van der Waals surface area contributed by atoms with Gasteiger partial charge in [0.1, 0.15) is 104 Å². The third-order valence-electron chi connectivity index (χ3n) is 16.5. The maximum absolute atomic E-state index is 12.7. The third-order valence-corrected chi connectivity index (χ3v) is 16.5. The molecule has 0 radical (unpaired) electrons. The molecule has 0 aromatic heterocycles. The molecule has 8 fully saturated rings. The number of esters is 1. The van der Waals surface area contributed by atoms with Crippen LogP contribution in [0.5, 0.6) is 0 Å². The van der Waals surface area contributed by atoms with Gasteiger partial charge in [0.2, 0.25) is 0 Å². The fourth-order valence-corrected chi connectivity index (χ4v) is 11.8. The van der Waals surface area contributed by atoms with Crippen molar-refractivity contribution in [2.45, 2.75) is 242 Å². The lowest BCUT2D eigenvalue weighted by Crippen LogP contribution is -2.64. The van der Waals surface area contributed by atoms with E-state index in [4.69, 9.17) is 47.4 Å². The lowest BCUT2D eigenvalue weighted by Gasteiger charge is -2.52. The van der Waals surface area contributed by atoms with Gasteiger partial charge in [0.05, 0.1) is 68.1 Å². The van der Waals surface area contributed by atoms with Crippen LogP contribution >= 0.6 is 0 Å². The van der Waals surface area contributed by atoms with Gasteiger partial charge in [-0.05, 0) is 63.7 Å². The number of rotatable bonds is 15. The molecular weight excluding hydrogens is 1020 g/mol. The maximum atomic E-state index is 12.7. The van der Waals surface area contributed by atoms with Crippen LogP contribution in [0.4, 0.5) is 0 Å². The molecule has 5 heterocycles. The molecule has 17 N–H and O–H groups in total. The highest BCUT2D eigenvalue weighted by molar-refractivity contribution is 5.81. The molecule has 0 aromatic carbocycles. The van der Waals surface area contributed by atoms with Crippen LogP contribution in [0.1, 0.15) is 64.7 Å². The monoisotopic (exact) mass is 1100 g/mol. The summed E-state index contributed by atoms with van der Waals surface area (Å²) in [6.07, 6.45) is -39.0. The molecule has 8 rings (SSSR count). The second kappa shape index (κ2) is 26.0. The van der Waals surface area contributed by atoms with E-state index in [9.17, 15) is 91.6 Å². The zero-order valence-corrected chi connectivity index (χ0v) is 41.7. The molecular formula is C48H78O28. The SMILES string of the molecule is CC1OC(OCC2OC(OC3CC4C(O)CC(OC5OC(CO)C(O)C(O)C5O)CC4OC3C3CC(O)C(O)C(OC4OC(COC(=O)C=CC5CCC(O)CC5)C(O)C(O)C4O)C3)C(O)C(O)C2O)C(O)C(O)C1O. The normalized spacial score (nSPS) is 52.5. The third kappa shape index (κ3) is 13.4. The minimum absolute atomic E-state index is 0.00110. The van der Waals surface area contributed by atoms with Crippen LogP contribution in [-0.2, 0) is 52.2 Å². The summed E-state index contributed by atoms with van der Waals surface area (Å²) in [5.41, 5.74) is 0. The van der Waals surface area contributed by atoms with Crippen LogP contribution in [0, 0.1) is 17.8 Å². The fraction of sp³-hybridized carbons (Fsp3) is 0.938. The van der Waals surface area contributed by atoms with Gasteiger partial charge in [-0.25, -0.2) is 4.79 Å². The first-order chi connectivity index (χ1) is 36.0. The van der Waals surface area contributed by atoms with Gasteiger partial charge in [-0.2, -0.15) is 0 Å². The van der Waals surface area contributed by atoms with Crippen LogP contribution in [0.15, 0.2) is 12.2 Å². The zero-order chi connectivity index (χ0) is 55.0. The first kappa shape index (κ1) is 60.3. The highest BCUT2D eigenvalue weighted by Crippen LogP contribution is 2.45. The smallest absolute Gasteiger partial charge is 0.330 e. The molecule has 0 bridgehead atoms. The number of allylic oxidation sites excluding steroid dienone is 1. The molecule has 0 aromatic rings. The number of aliphatic hydroxyl groups excluding tert-OH is 17. The topological polar surface area (TPSA) is 453 Å². The molecule has 5 saturated heterocycles. The second-order valence-electron chi connectivity index (χ2n) is 21.8. The summed E-state index contributed by atoms with van der Waals surface area (Å²) < 4.78 is 59.0. The Morgan fingerprint density at radius 3 is 1.66 bits per heavy atom. The zero-order valence-electron chi connectivity index (χ0n) is 41.7. The summed E-state index contributed by atoms with van der Waals surface area (Å²) in [5, 5.41) is 183. The van der Waals surface area contributed by atoms with Gasteiger partial charge in [-0.3, -0.25) is 0 Å². The number of ether oxygens (including phenoxy) is 10. The van der Waals surface area contributed by atoms with Gasteiger partial charge in [-0.1, -0.05) is 6.08 Å². The molecule has 76 heavy (non-hydrogen) atoms. The molecule has 3 aliphatic carbocycles. The summed E-state index contributed by atoms with van der Waals surface area (Å²) in [4.78, 5) is 12.7. The van der Waals surface area contributed by atoms with Crippen LogP contribution in [0.2, 0.25) is 0 Å². The predicted molar refractivity (Wildman–Crippen MR) is 245 cm³/mol. The summed E-state index contributed by atoms with van der Waals surface area (Å²) >= 11 is 0. The molecule has 0 amide bonds. The molecule has 0 spiro atoms. The van der Waals surface area contributed by atoms with Gasteiger partial charge in [0, 0.05) is 24.8 Å². The van der Waals surface area contributed by atoms with Crippen molar-refractivity contribution in [3.63, 3.8) is 0 Å². The van der Waals surface area contributed by atoms with E-state index in [0.29, 0.717) is 25.7 Å². The molecule has 3 saturated carbocycles. The second-order valence-corrected chi connectivity index (χ2v) is 21.8. The van der Waals surface area contributed by atoms with Crippen molar-refractivity contribution in [2.75, 3.05) is 19.8 Å². The van der Waals surface area contributed by atoms with Crippen molar-refractivity contribution in [1.29, 1.82) is 0 Å². The molecule has 30 unspecified atom stereocenters. The van der Waals surface area contributed by atoms with Crippen molar-refractivity contribution in [3.05, 3.63) is 12.2 Å². The highest BCUT2D eigenvalue weighted by atomic mass is 16.7. The molecule has 28 heteroatoms. The van der Waals surface area contributed by atoms with Gasteiger partial charge < -0.3 is 134 Å². The maximum Gasteiger partial charge on any atom is 0.330 e. The first-order valence-electron chi connectivity index (χ1n) is 26.2. The van der Waals surface area contributed by atoms with Crippen LogP contribution in [-0.4, -0.2) is 290 Å². The lowest BCUT2D eigenvalue weighted by molar-refractivity contribution is -0.350. The van der Waals surface area contributed by atoms with Crippen LogP contribution in [0.3, 0.4) is 0 Å². The van der Waals surface area contributed by atoms with Gasteiger partial charge in [0.15, 0.2) is 25.2 Å². The van der Waals surface area contributed by atoms with Crippen LogP contribution < -0.4 is 0 Å². The summed E-state index contributed by atoms with van der Waals surface area (Å²) in [6.45, 7) is -0.529. The number of hydrogen-bond donors (Lipinski definition) is 17. The Bertz CT molecular complexity index is 1860. The van der Waals surface area contributed by atoms with E-state index in [1.165, 1.54) is 13.0 Å². The van der Waals surface area contributed by atoms with Crippen molar-refractivity contribution < 1.29 is 139 Å². The molecule has 28 nitrogen and oxygen atoms in total. The number of carbonyl (C=O) groups excluding carboxylic acids is 1. The van der Waals surface area contributed by atoms with E-state index >= 15 is 0 Å². The number of fused-ring (bicyclic) bond motifs is 1. The predicted octanol–water partition coefficient (Wildman–Crippen LogP) is -7.89. The molecule has 30 atom stereocenters. The largest absolute Gasteiger partial charge is 0.460 e. The fourth-order valence-electron chi connectivity index (χ4n) is 11.8. The van der Waals surface area contributed by atoms with Crippen molar-refractivity contribution in [1.82, 2.24) is 0 Å². The van der Waals surface area contributed by atoms with Crippen molar-refractivity contribution >= 4 is 5.97 Å². The van der Waals surface area contributed by atoms with Gasteiger partial charge in [-0.15, -0.1) is 0 Å². The Kier molecular flexibility index (Phi) is 20.6. The van der Waals surface area contributed by atoms with E-state index in [1.807, 2.05) is 0 Å². The molecule has 438 valence electrons. The standard InChI is InChI=1S/C48H78O28/c1-16-31(54)36(59)40(63)45(69-16)68-15-29-35(58)39(62)43(66)48(76-29)73-26-12-21-22(51)10-20(70-46-41(64)37(60)33(56)27(13-49)74-46)11-24(21)71-44(26)18-8-23(52)32(55)25(9-18)72-47-42(65)38(61)34(57)28(75-47)14-67-30(53)7-4-17-2-5-19(50)6-3-17/h4,7,16-29,31-52,54-66H,2-3,5-6,8-15H2,1H3. The molecule has 8 aliphatic rings. The van der Waals surface area contributed by atoms with E-state index in [2.05, 4.69) is 0 Å². The Balaban J connectivity index is 0.989. The van der Waals surface area contributed by atoms with Crippen molar-refractivity contribution in [2.24, 2.45) is 17.8 Å². The lowest BCUT2D eigenvalue weighted by atomic mass is 9.72. The minimum Gasteiger partial charge on any atom is -0.460 e. The van der Waals surface area contributed by atoms with Crippen LogP contribution in [0.25, 0.3) is 0 Å². The average Bonchev–Trinajstić information content (AvgIpc) is 3.41.